The molecule has 0 unspecified atom stereocenters. The van der Waals surface area contributed by atoms with Gasteiger partial charge in [0.05, 0.1) is 6.54 Å². The van der Waals surface area contributed by atoms with Crippen molar-refractivity contribution >= 4 is 11.6 Å². The van der Waals surface area contributed by atoms with E-state index in [-0.39, 0.29) is 0 Å². The van der Waals surface area contributed by atoms with E-state index < -0.39 is 0 Å². The highest BCUT2D eigenvalue weighted by atomic mass is 16.5. The van der Waals surface area contributed by atoms with Crippen LogP contribution in [0.15, 0.2) is 16.9 Å². The second-order valence-electron chi connectivity index (χ2n) is 7.79. The van der Waals surface area contributed by atoms with Crippen LogP contribution < -0.4 is 10.2 Å². The average molecular weight is 387 g/mol. The first-order chi connectivity index (χ1) is 13.7. The van der Waals surface area contributed by atoms with Crippen molar-refractivity contribution in [1.82, 2.24) is 25.0 Å². The summed E-state index contributed by atoms with van der Waals surface area (Å²) in [6, 6.07) is 2.41. The maximum atomic E-state index is 5.50. The van der Waals surface area contributed by atoms with Gasteiger partial charge in [0.15, 0.2) is 5.82 Å². The van der Waals surface area contributed by atoms with Gasteiger partial charge in [-0.2, -0.15) is 4.98 Å². The fraction of sp³-hybridized carbons (Fsp3) is 0.684. The van der Waals surface area contributed by atoms with E-state index in [0.29, 0.717) is 12.0 Å². The van der Waals surface area contributed by atoms with Gasteiger partial charge in [-0.1, -0.05) is 5.16 Å². The van der Waals surface area contributed by atoms with Gasteiger partial charge in [-0.05, 0) is 25.7 Å². The number of nitrogens with zero attached hydrogens (tertiary/aromatic N) is 6. The normalized spacial score (nSPS) is 19.6. The molecule has 2 aromatic rings. The molecule has 9 heteroatoms. The monoisotopic (exact) mass is 387 g/mol. The van der Waals surface area contributed by atoms with Crippen LogP contribution in [0.2, 0.25) is 0 Å². The Bertz CT molecular complexity index is 752. The number of aromatic nitrogens is 4. The number of rotatable bonds is 6. The maximum Gasteiger partial charge on any atom is 0.229 e. The highest BCUT2D eigenvalue weighted by Crippen LogP contribution is 2.25. The molecule has 0 bridgehead atoms. The van der Waals surface area contributed by atoms with Crippen molar-refractivity contribution < 1.29 is 9.26 Å². The smallest absolute Gasteiger partial charge is 0.229 e. The molecular weight excluding hydrogens is 358 g/mol. The summed E-state index contributed by atoms with van der Waals surface area (Å²) in [5, 5.41) is 7.73. The second kappa shape index (κ2) is 8.83. The Hall–Kier alpha value is -2.26. The van der Waals surface area contributed by atoms with Crippen molar-refractivity contribution in [2.75, 3.05) is 50.6 Å². The van der Waals surface area contributed by atoms with Crippen LogP contribution in [0.4, 0.5) is 11.6 Å². The molecule has 1 N–H and O–H groups in total. The highest BCUT2D eigenvalue weighted by molar-refractivity contribution is 5.47. The number of hydrogen-bond acceptors (Lipinski definition) is 9. The quantitative estimate of drug-likeness (QED) is 0.797. The SMILES string of the molecule is CN(C)c1cc(NC2CCN(Cc3noc(C4CCOCC4)n3)CC2)ncn1. The first-order valence-corrected chi connectivity index (χ1v) is 10.1. The molecular formula is C19H29N7O2. The minimum Gasteiger partial charge on any atom is -0.381 e. The van der Waals surface area contributed by atoms with E-state index in [1.165, 1.54) is 0 Å². The van der Waals surface area contributed by atoms with E-state index in [0.717, 1.165) is 81.9 Å². The number of anilines is 2. The molecule has 0 atom stereocenters. The Balaban J connectivity index is 1.25. The molecule has 4 heterocycles. The van der Waals surface area contributed by atoms with Crippen LogP contribution >= 0.6 is 0 Å². The van der Waals surface area contributed by atoms with Gasteiger partial charge in [-0.3, -0.25) is 4.90 Å². The minimum absolute atomic E-state index is 0.352. The van der Waals surface area contributed by atoms with Gasteiger partial charge in [0.1, 0.15) is 18.0 Å². The van der Waals surface area contributed by atoms with E-state index in [9.17, 15) is 0 Å². The summed E-state index contributed by atoms with van der Waals surface area (Å²) in [5.74, 6) is 3.71. The van der Waals surface area contributed by atoms with Gasteiger partial charge in [0.25, 0.3) is 0 Å². The number of likely N-dealkylation sites (tertiary alicyclic amines) is 1. The van der Waals surface area contributed by atoms with Gasteiger partial charge in [0.2, 0.25) is 5.89 Å². The zero-order valence-electron chi connectivity index (χ0n) is 16.7. The third kappa shape index (κ3) is 4.77. The molecule has 0 aliphatic carbocycles. The molecule has 0 radical (unpaired) electrons. The van der Waals surface area contributed by atoms with Crippen molar-refractivity contribution in [2.45, 2.75) is 44.2 Å². The lowest BCUT2D eigenvalue weighted by Gasteiger charge is -2.31. The summed E-state index contributed by atoms with van der Waals surface area (Å²) in [5.41, 5.74) is 0. The average Bonchev–Trinajstić information content (AvgIpc) is 3.19. The first kappa shape index (κ1) is 19.1. The molecule has 0 saturated carbocycles. The molecule has 28 heavy (non-hydrogen) atoms. The molecule has 2 aliphatic heterocycles. The van der Waals surface area contributed by atoms with Crippen LogP contribution in [0, 0.1) is 0 Å². The standard InChI is InChI=1S/C19H29N7O2/c1-25(2)18-11-16(20-13-21-18)22-15-3-7-26(8-4-15)12-17-23-19(28-24-17)14-5-9-27-10-6-14/h11,13-15H,3-10,12H2,1-2H3,(H,20,21,22). The Morgan fingerprint density at radius 2 is 1.93 bits per heavy atom. The Labute approximate surface area is 165 Å². The largest absolute Gasteiger partial charge is 0.381 e. The summed E-state index contributed by atoms with van der Waals surface area (Å²) in [6.07, 6.45) is 5.67. The molecule has 2 fully saturated rings. The summed E-state index contributed by atoms with van der Waals surface area (Å²) in [7, 11) is 3.96. The van der Waals surface area contributed by atoms with Crippen LogP contribution in [-0.4, -0.2) is 71.4 Å². The van der Waals surface area contributed by atoms with Crippen LogP contribution in [-0.2, 0) is 11.3 Å². The lowest BCUT2D eigenvalue weighted by Crippen LogP contribution is -2.39. The third-order valence-corrected chi connectivity index (χ3v) is 5.47. The topological polar surface area (TPSA) is 92.4 Å². The van der Waals surface area contributed by atoms with Gasteiger partial charge in [-0.15, -0.1) is 0 Å². The van der Waals surface area contributed by atoms with Gasteiger partial charge >= 0.3 is 0 Å². The lowest BCUT2D eigenvalue weighted by molar-refractivity contribution is 0.0778. The molecule has 0 spiro atoms. The van der Waals surface area contributed by atoms with E-state index in [1.54, 1.807) is 6.33 Å². The van der Waals surface area contributed by atoms with Crippen molar-refractivity contribution in [2.24, 2.45) is 0 Å². The van der Waals surface area contributed by atoms with E-state index in [2.05, 4.69) is 30.3 Å². The van der Waals surface area contributed by atoms with Gasteiger partial charge < -0.3 is 19.5 Å². The predicted molar refractivity (Wildman–Crippen MR) is 105 cm³/mol. The summed E-state index contributed by atoms with van der Waals surface area (Å²) >= 11 is 0. The van der Waals surface area contributed by atoms with E-state index >= 15 is 0 Å². The molecule has 2 aromatic heterocycles. The Kier molecular flexibility index (Phi) is 6.01. The molecule has 4 rings (SSSR count). The summed E-state index contributed by atoms with van der Waals surface area (Å²) < 4.78 is 10.9. The molecule has 2 saturated heterocycles. The molecule has 0 aromatic carbocycles. The number of nitrogens with one attached hydrogen (secondary N) is 1. The van der Waals surface area contributed by atoms with E-state index in [4.69, 9.17) is 9.26 Å². The van der Waals surface area contributed by atoms with Gasteiger partial charge in [0, 0.05) is 58.4 Å². The lowest BCUT2D eigenvalue weighted by atomic mass is 10.0. The van der Waals surface area contributed by atoms with Crippen LogP contribution in [0.5, 0.6) is 0 Å². The number of piperidine rings is 1. The molecule has 0 amide bonds. The summed E-state index contributed by atoms with van der Waals surface area (Å²) in [6.45, 7) is 4.32. The third-order valence-electron chi connectivity index (χ3n) is 5.47. The minimum atomic E-state index is 0.352. The first-order valence-electron chi connectivity index (χ1n) is 10.1. The fourth-order valence-electron chi connectivity index (χ4n) is 3.76. The fourth-order valence-corrected chi connectivity index (χ4v) is 3.76. The highest BCUT2D eigenvalue weighted by Gasteiger charge is 2.24. The number of hydrogen-bond donors (Lipinski definition) is 1. The Morgan fingerprint density at radius 3 is 2.68 bits per heavy atom. The zero-order chi connectivity index (χ0) is 19.3. The van der Waals surface area contributed by atoms with Crippen LogP contribution in [0.3, 0.4) is 0 Å². The number of ether oxygens (including phenoxy) is 1. The second-order valence-corrected chi connectivity index (χ2v) is 7.79. The van der Waals surface area contributed by atoms with Crippen molar-refractivity contribution in [3.8, 4) is 0 Å². The molecule has 152 valence electrons. The van der Waals surface area contributed by atoms with Crippen LogP contribution in [0.1, 0.15) is 43.3 Å². The summed E-state index contributed by atoms with van der Waals surface area (Å²) in [4.78, 5) is 17.6. The van der Waals surface area contributed by atoms with Crippen LogP contribution in [0.25, 0.3) is 0 Å². The molecule has 2 aliphatic rings. The zero-order valence-corrected chi connectivity index (χ0v) is 16.7. The van der Waals surface area contributed by atoms with Gasteiger partial charge in [-0.25, -0.2) is 9.97 Å². The maximum absolute atomic E-state index is 5.50. The predicted octanol–water partition coefficient (Wildman–Crippen LogP) is 1.90. The van der Waals surface area contributed by atoms with Crippen molar-refractivity contribution in [1.29, 1.82) is 0 Å². The van der Waals surface area contributed by atoms with Crippen molar-refractivity contribution in [3.63, 3.8) is 0 Å². The molecule has 9 nitrogen and oxygen atoms in total. The van der Waals surface area contributed by atoms with Crippen molar-refractivity contribution in [3.05, 3.63) is 24.1 Å². The van der Waals surface area contributed by atoms with E-state index in [1.807, 2.05) is 25.1 Å². The Morgan fingerprint density at radius 1 is 1.14 bits per heavy atom.